The number of benzene rings is 1. The van der Waals surface area contributed by atoms with Gasteiger partial charge in [0, 0.05) is 39.9 Å². The summed E-state index contributed by atoms with van der Waals surface area (Å²) in [6, 6.07) is 7.77. The van der Waals surface area contributed by atoms with Crippen molar-refractivity contribution in [2.75, 3.05) is 18.1 Å². The van der Waals surface area contributed by atoms with Crippen LogP contribution >= 0.6 is 0 Å². The predicted molar refractivity (Wildman–Crippen MR) is 114 cm³/mol. The van der Waals surface area contributed by atoms with Gasteiger partial charge < -0.3 is 28.6 Å². The van der Waals surface area contributed by atoms with E-state index in [0.717, 1.165) is 24.1 Å². The second kappa shape index (κ2) is 10.7. The quantitative estimate of drug-likeness (QED) is 0.454. The molecule has 0 aliphatic carbocycles. The molecular weight excluding hydrogens is 434 g/mol. The Morgan fingerprint density at radius 2 is 1.48 bits per heavy atom. The van der Waals surface area contributed by atoms with Crippen LogP contribution in [0, 0.1) is 0 Å². The molecule has 0 spiro atoms. The SMILES string of the molecule is CC(=O)OC[C@H]1O[C@@H](N2CCCc3ccccc32)[C@H](OC(C)=O)[C@@H](OC(C)=O)[C@@H]1OC(C)=O. The first-order valence-corrected chi connectivity index (χ1v) is 10.8. The molecule has 2 aliphatic heterocycles. The van der Waals surface area contributed by atoms with Gasteiger partial charge in [0.1, 0.15) is 12.7 Å². The third kappa shape index (κ3) is 6.01. The number of hydrogen-bond donors (Lipinski definition) is 0. The lowest BCUT2D eigenvalue weighted by Gasteiger charge is -2.49. The standard InChI is InChI=1S/C23H29NO9/c1-13(25)29-12-19-20(30-14(2)26)21(31-15(3)27)22(32-16(4)28)23(33-19)24-11-7-9-17-8-5-6-10-18(17)24/h5-6,8,10,19-23H,7,9,11-12H2,1-4H3/t19-,20-,21+,22-,23-/m1/s1. The molecule has 0 unspecified atom stereocenters. The molecule has 0 N–H and O–H groups in total. The Morgan fingerprint density at radius 1 is 0.879 bits per heavy atom. The normalized spacial score (nSPS) is 26.5. The Kier molecular flexibility index (Phi) is 7.91. The molecule has 33 heavy (non-hydrogen) atoms. The number of aryl methyl sites for hydroxylation is 1. The van der Waals surface area contributed by atoms with Crippen molar-refractivity contribution < 1.29 is 42.9 Å². The zero-order valence-electron chi connectivity index (χ0n) is 19.1. The van der Waals surface area contributed by atoms with Gasteiger partial charge in [0.2, 0.25) is 0 Å². The summed E-state index contributed by atoms with van der Waals surface area (Å²) in [5, 5.41) is 0. The van der Waals surface area contributed by atoms with Gasteiger partial charge in [-0.3, -0.25) is 19.2 Å². The number of rotatable bonds is 6. The van der Waals surface area contributed by atoms with Crippen molar-refractivity contribution in [3.8, 4) is 0 Å². The summed E-state index contributed by atoms with van der Waals surface area (Å²) >= 11 is 0. The van der Waals surface area contributed by atoms with E-state index < -0.39 is 54.5 Å². The van der Waals surface area contributed by atoms with Crippen LogP contribution in [-0.2, 0) is 49.3 Å². The molecule has 3 rings (SSSR count). The van der Waals surface area contributed by atoms with Crippen LogP contribution in [0.25, 0.3) is 0 Å². The molecule has 1 aromatic rings. The number of para-hydroxylation sites is 1. The zero-order chi connectivity index (χ0) is 24.1. The van der Waals surface area contributed by atoms with Gasteiger partial charge in [-0.1, -0.05) is 18.2 Å². The van der Waals surface area contributed by atoms with E-state index >= 15 is 0 Å². The van der Waals surface area contributed by atoms with Crippen LogP contribution in [0.4, 0.5) is 5.69 Å². The Labute approximate surface area is 192 Å². The largest absolute Gasteiger partial charge is 0.463 e. The Hall–Kier alpha value is -3.14. The highest BCUT2D eigenvalue weighted by Crippen LogP contribution is 2.36. The van der Waals surface area contributed by atoms with Gasteiger partial charge in [-0.2, -0.15) is 0 Å². The number of esters is 4. The molecule has 2 aliphatic rings. The Bertz CT molecular complexity index is 902. The monoisotopic (exact) mass is 463 g/mol. The molecule has 0 amide bonds. The lowest BCUT2D eigenvalue weighted by molar-refractivity contribution is -0.252. The molecule has 180 valence electrons. The van der Waals surface area contributed by atoms with Gasteiger partial charge in [-0.05, 0) is 24.5 Å². The summed E-state index contributed by atoms with van der Waals surface area (Å²) in [6.07, 6.45) is -3.59. The number of ether oxygens (including phenoxy) is 5. The maximum Gasteiger partial charge on any atom is 0.303 e. The van der Waals surface area contributed by atoms with E-state index in [4.69, 9.17) is 23.7 Å². The van der Waals surface area contributed by atoms with Crippen molar-refractivity contribution in [2.45, 2.75) is 71.2 Å². The Balaban J connectivity index is 2.06. The van der Waals surface area contributed by atoms with Crippen molar-refractivity contribution in [3.63, 3.8) is 0 Å². The summed E-state index contributed by atoms with van der Waals surface area (Å²) in [4.78, 5) is 49.3. The maximum atomic E-state index is 12.0. The minimum atomic E-state index is -1.18. The molecule has 2 heterocycles. The van der Waals surface area contributed by atoms with Gasteiger partial charge in [0.05, 0.1) is 0 Å². The average molecular weight is 463 g/mol. The number of anilines is 1. The summed E-state index contributed by atoms with van der Waals surface area (Å²) in [5.41, 5.74) is 1.99. The van der Waals surface area contributed by atoms with Crippen LogP contribution < -0.4 is 4.90 Å². The number of hydrogen-bond acceptors (Lipinski definition) is 10. The van der Waals surface area contributed by atoms with Crippen LogP contribution in [0.5, 0.6) is 0 Å². The smallest absolute Gasteiger partial charge is 0.303 e. The lowest BCUT2D eigenvalue weighted by atomic mass is 9.94. The molecule has 10 nitrogen and oxygen atoms in total. The molecule has 0 saturated carbocycles. The summed E-state index contributed by atoms with van der Waals surface area (Å²) in [5.74, 6) is -2.47. The molecule has 0 radical (unpaired) electrons. The lowest BCUT2D eigenvalue weighted by Crippen LogP contribution is -2.66. The van der Waals surface area contributed by atoms with Gasteiger partial charge in [0.15, 0.2) is 24.5 Å². The minimum absolute atomic E-state index is 0.246. The van der Waals surface area contributed by atoms with E-state index in [1.54, 1.807) is 0 Å². The van der Waals surface area contributed by atoms with E-state index in [1.165, 1.54) is 27.7 Å². The van der Waals surface area contributed by atoms with Crippen LogP contribution in [0.3, 0.4) is 0 Å². The summed E-state index contributed by atoms with van der Waals surface area (Å²) in [6.45, 7) is 5.22. The molecule has 1 saturated heterocycles. The van der Waals surface area contributed by atoms with E-state index in [2.05, 4.69) is 0 Å². The minimum Gasteiger partial charge on any atom is -0.463 e. The summed E-state index contributed by atoms with van der Waals surface area (Å²) in [7, 11) is 0. The van der Waals surface area contributed by atoms with Crippen molar-refractivity contribution >= 4 is 29.6 Å². The molecule has 5 atom stereocenters. The van der Waals surface area contributed by atoms with Gasteiger partial charge in [-0.15, -0.1) is 0 Å². The van der Waals surface area contributed by atoms with Gasteiger partial charge >= 0.3 is 23.9 Å². The first-order chi connectivity index (χ1) is 15.7. The molecular formula is C23H29NO9. The highest BCUT2D eigenvalue weighted by atomic mass is 16.7. The topological polar surface area (TPSA) is 118 Å². The van der Waals surface area contributed by atoms with E-state index in [0.29, 0.717) is 6.54 Å². The van der Waals surface area contributed by atoms with E-state index in [-0.39, 0.29) is 6.61 Å². The fraction of sp³-hybridized carbons (Fsp3) is 0.565. The first kappa shape index (κ1) is 24.5. The molecule has 10 heteroatoms. The maximum absolute atomic E-state index is 12.0. The van der Waals surface area contributed by atoms with Crippen LogP contribution in [-0.4, -0.2) is 67.7 Å². The number of fused-ring (bicyclic) bond motifs is 1. The first-order valence-electron chi connectivity index (χ1n) is 10.8. The average Bonchev–Trinajstić information content (AvgIpc) is 2.74. The van der Waals surface area contributed by atoms with Gasteiger partial charge in [0.25, 0.3) is 0 Å². The zero-order valence-corrected chi connectivity index (χ0v) is 19.1. The molecule has 1 fully saturated rings. The third-order valence-corrected chi connectivity index (χ3v) is 5.42. The predicted octanol–water partition coefficient (Wildman–Crippen LogP) is 1.52. The molecule has 0 aromatic heterocycles. The summed E-state index contributed by atoms with van der Waals surface area (Å²) < 4.78 is 28.0. The molecule has 1 aromatic carbocycles. The van der Waals surface area contributed by atoms with Crippen molar-refractivity contribution in [1.29, 1.82) is 0 Å². The molecule has 0 bridgehead atoms. The van der Waals surface area contributed by atoms with E-state index in [9.17, 15) is 19.2 Å². The van der Waals surface area contributed by atoms with Crippen LogP contribution in [0.1, 0.15) is 39.7 Å². The second-order valence-corrected chi connectivity index (χ2v) is 8.02. The number of nitrogens with zero attached hydrogens (tertiary/aromatic N) is 1. The van der Waals surface area contributed by atoms with Crippen molar-refractivity contribution in [2.24, 2.45) is 0 Å². The van der Waals surface area contributed by atoms with E-state index in [1.807, 2.05) is 29.2 Å². The fourth-order valence-electron chi connectivity index (χ4n) is 4.28. The highest BCUT2D eigenvalue weighted by Gasteiger charge is 2.54. The van der Waals surface area contributed by atoms with Crippen LogP contribution in [0.2, 0.25) is 0 Å². The second-order valence-electron chi connectivity index (χ2n) is 8.02. The van der Waals surface area contributed by atoms with Crippen molar-refractivity contribution in [1.82, 2.24) is 0 Å². The number of carbonyl (C=O) groups excluding carboxylic acids is 4. The van der Waals surface area contributed by atoms with Gasteiger partial charge in [-0.25, -0.2) is 0 Å². The highest BCUT2D eigenvalue weighted by molar-refractivity contribution is 5.69. The van der Waals surface area contributed by atoms with Crippen LogP contribution in [0.15, 0.2) is 24.3 Å². The van der Waals surface area contributed by atoms with Crippen molar-refractivity contribution in [3.05, 3.63) is 29.8 Å². The third-order valence-electron chi connectivity index (χ3n) is 5.42. The Morgan fingerprint density at radius 3 is 2.12 bits per heavy atom. The fourth-order valence-corrected chi connectivity index (χ4v) is 4.28. The number of carbonyl (C=O) groups is 4.